The third kappa shape index (κ3) is 5.28. The number of carbonyl (C=O) groups is 2. The quantitative estimate of drug-likeness (QED) is 0.271. The smallest absolute Gasteiger partial charge is 0.416 e. The number of fused-ring (bicyclic) bond motifs is 2. The number of nitrogens with zero attached hydrogens (tertiary/aromatic N) is 1. The molecule has 0 fully saturated rings. The number of anilines is 1. The SMILES string of the molecule is O=C(COC(=O)c1c2c(nc3ccccc13)C(=Cc1ccco1)CCC2)Nc1cc(C(F)(F)F)ccc1Cl. The van der Waals surface area contributed by atoms with Crippen LogP contribution in [0, 0.1) is 0 Å². The molecule has 2 heterocycles. The molecule has 2 aromatic heterocycles. The van der Waals surface area contributed by atoms with Crippen LogP contribution in [0.4, 0.5) is 18.9 Å². The van der Waals surface area contributed by atoms with E-state index in [1.807, 2.05) is 18.2 Å². The minimum Gasteiger partial charge on any atom is -0.465 e. The molecule has 0 spiro atoms. The Hall–Kier alpha value is -4.11. The van der Waals surface area contributed by atoms with Crippen LogP contribution in [0.25, 0.3) is 22.6 Å². The number of pyridine rings is 1. The van der Waals surface area contributed by atoms with Crippen LogP contribution in [0.15, 0.2) is 65.3 Å². The number of amides is 1. The number of benzene rings is 2. The summed E-state index contributed by atoms with van der Waals surface area (Å²) in [5.74, 6) is -0.897. The molecule has 1 amide bonds. The summed E-state index contributed by atoms with van der Waals surface area (Å²) in [4.78, 5) is 30.6. The molecule has 0 atom stereocenters. The Kier molecular flexibility index (Phi) is 6.94. The zero-order valence-corrected chi connectivity index (χ0v) is 20.5. The highest BCUT2D eigenvalue weighted by molar-refractivity contribution is 6.33. The summed E-state index contributed by atoms with van der Waals surface area (Å²) in [6.07, 6.45) is 0.953. The van der Waals surface area contributed by atoms with E-state index in [-0.39, 0.29) is 10.7 Å². The minimum absolute atomic E-state index is 0.0808. The van der Waals surface area contributed by atoms with E-state index in [9.17, 15) is 22.8 Å². The molecule has 1 N–H and O–H groups in total. The van der Waals surface area contributed by atoms with Gasteiger partial charge >= 0.3 is 12.1 Å². The lowest BCUT2D eigenvalue weighted by Gasteiger charge is -2.22. The fourth-order valence-electron chi connectivity index (χ4n) is 4.44. The first kappa shape index (κ1) is 25.5. The lowest BCUT2D eigenvalue weighted by atomic mass is 9.86. The van der Waals surface area contributed by atoms with Gasteiger partial charge in [0.25, 0.3) is 5.91 Å². The summed E-state index contributed by atoms with van der Waals surface area (Å²) in [7, 11) is 0. The monoisotopic (exact) mass is 540 g/mol. The summed E-state index contributed by atoms with van der Waals surface area (Å²) in [5.41, 5.74) is 1.98. The molecule has 0 unspecified atom stereocenters. The van der Waals surface area contributed by atoms with Crippen molar-refractivity contribution in [2.45, 2.75) is 25.4 Å². The first-order valence-electron chi connectivity index (χ1n) is 11.7. The van der Waals surface area contributed by atoms with Crippen LogP contribution in [0.3, 0.4) is 0 Å². The van der Waals surface area contributed by atoms with E-state index in [1.165, 1.54) is 0 Å². The molecule has 10 heteroatoms. The summed E-state index contributed by atoms with van der Waals surface area (Å²) in [6, 6.07) is 13.3. The minimum atomic E-state index is -4.61. The van der Waals surface area contributed by atoms with Gasteiger partial charge in [0, 0.05) is 5.39 Å². The first-order valence-corrected chi connectivity index (χ1v) is 12.1. The van der Waals surface area contributed by atoms with Crippen molar-refractivity contribution in [1.29, 1.82) is 0 Å². The van der Waals surface area contributed by atoms with Crippen molar-refractivity contribution in [2.24, 2.45) is 0 Å². The van der Waals surface area contributed by atoms with E-state index in [2.05, 4.69) is 5.32 Å². The summed E-state index contributed by atoms with van der Waals surface area (Å²) in [6.45, 7) is -0.716. The molecule has 0 aliphatic heterocycles. The van der Waals surface area contributed by atoms with Gasteiger partial charge in [0.15, 0.2) is 6.61 Å². The van der Waals surface area contributed by atoms with Gasteiger partial charge in [-0.2, -0.15) is 13.2 Å². The van der Waals surface area contributed by atoms with E-state index >= 15 is 0 Å². The van der Waals surface area contributed by atoms with Gasteiger partial charge in [-0.05, 0) is 72.9 Å². The molecule has 6 nitrogen and oxygen atoms in total. The van der Waals surface area contributed by atoms with Crippen LogP contribution in [-0.4, -0.2) is 23.5 Å². The fraction of sp³-hybridized carbons (Fsp3) is 0.179. The number of carbonyl (C=O) groups excluding carboxylic acids is 2. The van der Waals surface area contributed by atoms with Crippen LogP contribution < -0.4 is 5.32 Å². The third-order valence-electron chi connectivity index (χ3n) is 6.14. The Morgan fingerprint density at radius 3 is 2.68 bits per heavy atom. The molecule has 5 rings (SSSR count). The van der Waals surface area contributed by atoms with Crippen molar-refractivity contribution in [3.63, 3.8) is 0 Å². The van der Waals surface area contributed by atoms with Crippen LogP contribution in [-0.2, 0) is 22.1 Å². The normalized spacial score (nSPS) is 14.4. The van der Waals surface area contributed by atoms with Gasteiger partial charge in [-0.15, -0.1) is 0 Å². The zero-order valence-electron chi connectivity index (χ0n) is 19.8. The second-order valence-corrected chi connectivity index (χ2v) is 9.09. The van der Waals surface area contributed by atoms with Gasteiger partial charge in [0.05, 0.1) is 39.3 Å². The van der Waals surface area contributed by atoms with Gasteiger partial charge in [-0.25, -0.2) is 9.78 Å². The van der Waals surface area contributed by atoms with E-state index in [0.717, 1.165) is 36.6 Å². The average Bonchev–Trinajstić information content (AvgIpc) is 3.40. The number of para-hydroxylation sites is 1. The van der Waals surface area contributed by atoms with Crippen LogP contribution in [0.5, 0.6) is 0 Å². The van der Waals surface area contributed by atoms with Crippen molar-refractivity contribution in [2.75, 3.05) is 11.9 Å². The number of ether oxygens (including phenoxy) is 1. The van der Waals surface area contributed by atoms with Gasteiger partial charge in [-0.3, -0.25) is 4.79 Å². The van der Waals surface area contributed by atoms with E-state index in [1.54, 1.807) is 30.5 Å². The summed E-state index contributed by atoms with van der Waals surface area (Å²) in [5, 5.41) is 2.78. The topological polar surface area (TPSA) is 81.4 Å². The van der Waals surface area contributed by atoms with Gasteiger partial charge in [0.1, 0.15) is 5.76 Å². The summed E-state index contributed by atoms with van der Waals surface area (Å²) >= 11 is 5.95. The number of alkyl halides is 3. The molecule has 2 aromatic carbocycles. The Balaban J connectivity index is 1.42. The van der Waals surface area contributed by atoms with Crippen molar-refractivity contribution in [3.05, 3.63) is 94.0 Å². The Morgan fingerprint density at radius 2 is 1.92 bits per heavy atom. The van der Waals surface area contributed by atoms with Crippen molar-refractivity contribution >= 4 is 51.7 Å². The highest BCUT2D eigenvalue weighted by atomic mass is 35.5. The molecule has 194 valence electrons. The van der Waals surface area contributed by atoms with E-state index < -0.39 is 30.2 Å². The fourth-order valence-corrected chi connectivity index (χ4v) is 4.60. The maximum Gasteiger partial charge on any atom is 0.416 e. The molecule has 38 heavy (non-hydrogen) atoms. The average molecular weight is 541 g/mol. The van der Waals surface area contributed by atoms with Crippen molar-refractivity contribution in [3.8, 4) is 0 Å². The lowest BCUT2D eigenvalue weighted by Crippen LogP contribution is -2.23. The number of furan rings is 1. The van der Waals surface area contributed by atoms with Crippen LogP contribution in [0.2, 0.25) is 5.02 Å². The van der Waals surface area contributed by atoms with Crippen LogP contribution >= 0.6 is 11.6 Å². The number of esters is 1. The predicted molar refractivity (Wildman–Crippen MR) is 137 cm³/mol. The molecule has 0 saturated carbocycles. The number of rotatable bonds is 5. The molecule has 1 aliphatic rings. The van der Waals surface area contributed by atoms with Crippen molar-refractivity contribution in [1.82, 2.24) is 4.98 Å². The van der Waals surface area contributed by atoms with Crippen molar-refractivity contribution < 1.29 is 31.9 Å². The third-order valence-corrected chi connectivity index (χ3v) is 6.47. The van der Waals surface area contributed by atoms with Gasteiger partial charge < -0.3 is 14.5 Å². The molecule has 4 aromatic rings. The highest BCUT2D eigenvalue weighted by Gasteiger charge is 2.31. The van der Waals surface area contributed by atoms with Crippen LogP contribution in [0.1, 0.15) is 45.8 Å². The standard InChI is InChI=1S/C28H20ClF3N2O4/c29-21-11-10-17(28(30,31)32)14-23(21)33-24(35)15-38-27(36)25-19-7-1-2-9-22(19)34-26-16(5-3-8-20(25)26)13-18-6-4-12-37-18/h1-2,4,6-7,9-14H,3,5,8,15H2,(H,33,35). The molecule has 0 radical (unpaired) electrons. The van der Waals surface area contributed by atoms with E-state index in [4.69, 9.17) is 25.7 Å². The lowest BCUT2D eigenvalue weighted by molar-refractivity contribution is -0.137. The molecule has 1 aliphatic carbocycles. The number of aromatic nitrogens is 1. The van der Waals surface area contributed by atoms with Gasteiger partial charge in [0.2, 0.25) is 0 Å². The zero-order chi connectivity index (χ0) is 26.9. The Labute approximate surface area is 220 Å². The largest absolute Gasteiger partial charge is 0.465 e. The number of halogens is 4. The number of nitrogens with one attached hydrogen (secondary N) is 1. The Bertz CT molecular complexity index is 1560. The van der Waals surface area contributed by atoms with Gasteiger partial charge in [-0.1, -0.05) is 29.8 Å². The van der Waals surface area contributed by atoms with E-state index in [0.29, 0.717) is 39.9 Å². The first-order chi connectivity index (χ1) is 18.2. The number of hydrogen-bond acceptors (Lipinski definition) is 5. The maximum atomic E-state index is 13.3. The summed E-state index contributed by atoms with van der Waals surface area (Å²) < 4.78 is 49.9. The second kappa shape index (κ2) is 10.3. The number of allylic oxidation sites excluding steroid dienone is 1. The Morgan fingerprint density at radius 1 is 1.11 bits per heavy atom. The maximum absolute atomic E-state index is 13.3. The molecule has 0 saturated heterocycles. The second-order valence-electron chi connectivity index (χ2n) is 8.69. The highest BCUT2D eigenvalue weighted by Crippen LogP contribution is 2.37. The molecular formula is C28H20ClF3N2O4. The molecular weight excluding hydrogens is 521 g/mol. The molecule has 0 bridgehead atoms. The number of hydrogen-bond donors (Lipinski definition) is 1. The predicted octanol–water partition coefficient (Wildman–Crippen LogP) is 7.17.